The summed E-state index contributed by atoms with van der Waals surface area (Å²) in [5.74, 6) is -0.952. The van der Waals surface area contributed by atoms with Crippen molar-refractivity contribution in [3.63, 3.8) is 0 Å². The van der Waals surface area contributed by atoms with Crippen molar-refractivity contribution in [3.05, 3.63) is 0 Å². The fraction of sp³-hybridized carbons (Fsp3) is 0.800. The second-order valence-corrected chi connectivity index (χ2v) is 4.31. The van der Waals surface area contributed by atoms with E-state index in [-0.39, 0.29) is 11.8 Å². The fourth-order valence-corrected chi connectivity index (χ4v) is 1.92. The standard InChI is InChI=1S/C10H15NO3/c1-2-5-3-8(5)11-9(12)6-4-7(6)10(13)14/h5-8H,2-4H2,1H3,(H,11,12)(H,13,14)/t5?,6-,7+,8?/m1/s1. The van der Waals surface area contributed by atoms with Gasteiger partial charge in [-0.3, -0.25) is 9.59 Å². The van der Waals surface area contributed by atoms with Gasteiger partial charge >= 0.3 is 5.97 Å². The van der Waals surface area contributed by atoms with Gasteiger partial charge in [-0.2, -0.15) is 0 Å². The Hall–Kier alpha value is -1.06. The number of carbonyl (C=O) groups excluding carboxylic acids is 1. The van der Waals surface area contributed by atoms with Gasteiger partial charge in [-0.25, -0.2) is 0 Å². The molecular weight excluding hydrogens is 182 g/mol. The van der Waals surface area contributed by atoms with Gasteiger partial charge in [-0.05, 0) is 18.8 Å². The summed E-state index contributed by atoms with van der Waals surface area (Å²) in [6.07, 6.45) is 2.68. The summed E-state index contributed by atoms with van der Waals surface area (Å²) in [4.78, 5) is 22.0. The van der Waals surface area contributed by atoms with Crippen molar-refractivity contribution >= 4 is 11.9 Å². The highest BCUT2D eigenvalue weighted by Gasteiger charge is 2.50. The van der Waals surface area contributed by atoms with Crippen LogP contribution in [0.25, 0.3) is 0 Å². The summed E-state index contributed by atoms with van der Waals surface area (Å²) in [6, 6.07) is 0.322. The Morgan fingerprint density at radius 2 is 2.07 bits per heavy atom. The molecule has 2 N–H and O–H groups in total. The Balaban J connectivity index is 1.73. The van der Waals surface area contributed by atoms with Crippen LogP contribution in [0.1, 0.15) is 26.2 Å². The largest absolute Gasteiger partial charge is 0.481 e. The van der Waals surface area contributed by atoms with E-state index in [1.54, 1.807) is 0 Å². The van der Waals surface area contributed by atoms with Gasteiger partial charge in [0.2, 0.25) is 5.91 Å². The molecule has 0 radical (unpaired) electrons. The van der Waals surface area contributed by atoms with Gasteiger partial charge in [0.1, 0.15) is 0 Å². The highest BCUT2D eigenvalue weighted by atomic mass is 16.4. The molecule has 2 rings (SSSR count). The smallest absolute Gasteiger partial charge is 0.307 e. The van der Waals surface area contributed by atoms with Gasteiger partial charge < -0.3 is 10.4 Å². The minimum atomic E-state index is -0.840. The third kappa shape index (κ3) is 1.74. The molecule has 4 nitrogen and oxygen atoms in total. The number of aliphatic carboxylic acids is 1. The molecule has 2 fully saturated rings. The summed E-state index contributed by atoms with van der Waals surface area (Å²) >= 11 is 0. The van der Waals surface area contributed by atoms with E-state index >= 15 is 0 Å². The van der Waals surface area contributed by atoms with Crippen LogP contribution in [0.4, 0.5) is 0 Å². The predicted molar refractivity (Wildman–Crippen MR) is 49.6 cm³/mol. The van der Waals surface area contributed by atoms with E-state index in [4.69, 9.17) is 5.11 Å². The van der Waals surface area contributed by atoms with Crippen molar-refractivity contribution in [1.82, 2.24) is 5.32 Å². The van der Waals surface area contributed by atoms with Crippen LogP contribution >= 0.6 is 0 Å². The van der Waals surface area contributed by atoms with Gasteiger partial charge in [-0.1, -0.05) is 13.3 Å². The van der Waals surface area contributed by atoms with Crippen LogP contribution in [0.2, 0.25) is 0 Å². The lowest BCUT2D eigenvalue weighted by Crippen LogP contribution is -2.29. The highest BCUT2D eigenvalue weighted by Crippen LogP contribution is 2.40. The first kappa shape index (κ1) is 9.49. The summed E-state index contributed by atoms with van der Waals surface area (Å²) in [7, 11) is 0. The minimum absolute atomic E-state index is 0.0571. The number of carbonyl (C=O) groups is 2. The molecule has 0 heterocycles. The molecule has 0 aliphatic heterocycles. The van der Waals surface area contributed by atoms with Crippen molar-refractivity contribution in [2.45, 2.75) is 32.2 Å². The van der Waals surface area contributed by atoms with Crippen molar-refractivity contribution in [2.75, 3.05) is 0 Å². The third-order valence-corrected chi connectivity index (χ3v) is 3.22. The summed E-state index contributed by atoms with van der Waals surface area (Å²) in [6.45, 7) is 2.11. The van der Waals surface area contributed by atoms with Gasteiger partial charge in [0.15, 0.2) is 0 Å². The van der Waals surface area contributed by atoms with Gasteiger partial charge in [-0.15, -0.1) is 0 Å². The molecule has 2 aliphatic carbocycles. The van der Waals surface area contributed by atoms with E-state index in [0.29, 0.717) is 18.4 Å². The third-order valence-electron chi connectivity index (χ3n) is 3.22. The molecule has 0 saturated heterocycles. The summed E-state index contributed by atoms with van der Waals surface area (Å²) in [5, 5.41) is 11.5. The monoisotopic (exact) mass is 197 g/mol. The van der Waals surface area contributed by atoms with Crippen molar-refractivity contribution < 1.29 is 14.7 Å². The molecule has 14 heavy (non-hydrogen) atoms. The van der Waals surface area contributed by atoms with Crippen LogP contribution in [-0.4, -0.2) is 23.0 Å². The van der Waals surface area contributed by atoms with Gasteiger partial charge in [0.05, 0.1) is 11.8 Å². The second-order valence-electron chi connectivity index (χ2n) is 4.31. The summed E-state index contributed by atoms with van der Waals surface area (Å²) < 4.78 is 0. The number of carboxylic acids is 1. The Morgan fingerprint density at radius 3 is 2.50 bits per heavy atom. The molecule has 0 aromatic rings. The number of amides is 1. The minimum Gasteiger partial charge on any atom is -0.481 e. The lowest BCUT2D eigenvalue weighted by molar-refractivity contribution is -0.140. The molecule has 2 unspecified atom stereocenters. The number of rotatable bonds is 4. The zero-order valence-corrected chi connectivity index (χ0v) is 8.19. The molecule has 2 saturated carbocycles. The average Bonchev–Trinajstić information content (AvgIpc) is 2.99. The Morgan fingerprint density at radius 1 is 1.36 bits per heavy atom. The first-order chi connectivity index (χ1) is 6.63. The Labute approximate surface area is 82.7 Å². The maximum atomic E-state index is 11.5. The second kappa shape index (κ2) is 3.26. The van der Waals surface area contributed by atoms with E-state index in [0.717, 1.165) is 12.8 Å². The highest BCUT2D eigenvalue weighted by molar-refractivity contribution is 5.89. The first-order valence-electron chi connectivity index (χ1n) is 5.16. The molecule has 2 aliphatic rings. The number of hydrogen-bond donors (Lipinski definition) is 2. The van der Waals surface area contributed by atoms with Crippen molar-refractivity contribution in [3.8, 4) is 0 Å². The van der Waals surface area contributed by atoms with Crippen LogP contribution in [0, 0.1) is 17.8 Å². The lowest BCUT2D eigenvalue weighted by atomic mass is 10.3. The van der Waals surface area contributed by atoms with E-state index in [1.807, 2.05) is 0 Å². The van der Waals surface area contributed by atoms with E-state index in [2.05, 4.69) is 12.2 Å². The zero-order chi connectivity index (χ0) is 10.3. The SMILES string of the molecule is CCC1CC1NC(=O)[C@@H]1C[C@@H]1C(=O)O. The van der Waals surface area contributed by atoms with Crippen LogP contribution < -0.4 is 5.32 Å². The predicted octanol–water partition coefficient (Wildman–Crippen LogP) is 0.622. The first-order valence-corrected chi connectivity index (χ1v) is 5.16. The van der Waals surface area contributed by atoms with E-state index < -0.39 is 11.9 Å². The van der Waals surface area contributed by atoms with Crippen molar-refractivity contribution in [1.29, 1.82) is 0 Å². The Bertz CT molecular complexity index is 277. The molecule has 0 aromatic carbocycles. The molecule has 4 atom stereocenters. The van der Waals surface area contributed by atoms with Crippen LogP contribution in [0.5, 0.6) is 0 Å². The zero-order valence-electron chi connectivity index (χ0n) is 8.19. The van der Waals surface area contributed by atoms with Gasteiger partial charge in [0, 0.05) is 6.04 Å². The number of hydrogen-bond acceptors (Lipinski definition) is 2. The van der Waals surface area contributed by atoms with Crippen LogP contribution in [-0.2, 0) is 9.59 Å². The topological polar surface area (TPSA) is 66.4 Å². The number of carboxylic acid groups (broad SMARTS) is 1. The molecule has 0 spiro atoms. The maximum Gasteiger partial charge on any atom is 0.307 e. The fourth-order valence-electron chi connectivity index (χ4n) is 1.92. The molecule has 0 aromatic heterocycles. The van der Waals surface area contributed by atoms with E-state index in [9.17, 15) is 9.59 Å². The van der Waals surface area contributed by atoms with Crippen LogP contribution in [0.3, 0.4) is 0 Å². The normalized spacial score (nSPS) is 38.9. The summed E-state index contributed by atoms with van der Waals surface area (Å²) in [5.41, 5.74) is 0. The van der Waals surface area contributed by atoms with Gasteiger partial charge in [0.25, 0.3) is 0 Å². The lowest BCUT2D eigenvalue weighted by Gasteiger charge is -2.01. The van der Waals surface area contributed by atoms with Crippen LogP contribution in [0.15, 0.2) is 0 Å². The number of nitrogens with one attached hydrogen (secondary N) is 1. The van der Waals surface area contributed by atoms with E-state index in [1.165, 1.54) is 0 Å². The molecule has 78 valence electrons. The maximum absolute atomic E-state index is 11.5. The molecule has 4 heteroatoms. The molecular formula is C10H15NO3. The Kier molecular flexibility index (Phi) is 2.21. The quantitative estimate of drug-likeness (QED) is 0.694. The van der Waals surface area contributed by atoms with Crippen molar-refractivity contribution in [2.24, 2.45) is 17.8 Å². The molecule has 1 amide bonds. The average molecular weight is 197 g/mol. The molecule has 0 bridgehead atoms.